The molecule has 0 radical (unpaired) electrons. The molecule has 0 saturated heterocycles. The lowest BCUT2D eigenvalue weighted by Gasteiger charge is -2.32. The molecule has 0 spiro atoms. The van der Waals surface area contributed by atoms with Gasteiger partial charge in [-0.3, -0.25) is 4.79 Å². The van der Waals surface area contributed by atoms with Gasteiger partial charge in [0.05, 0.1) is 7.11 Å². The summed E-state index contributed by atoms with van der Waals surface area (Å²) in [6.45, 7) is 0.245. The van der Waals surface area contributed by atoms with E-state index in [1.165, 1.54) is 0 Å². The van der Waals surface area contributed by atoms with Crippen molar-refractivity contribution in [3.63, 3.8) is 0 Å². The van der Waals surface area contributed by atoms with Gasteiger partial charge >= 0.3 is 5.97 Å². The van der Waals surface area contributed by atoms with E-state index in [-0.39, 0.29) is 6.61 Å². The van der Waals surface area contributed by atoms with E-state index >= 15 is 0 Å². The van der Waals surface area contributed by atoms with Crippen LogP contribution >= 0.6 is 0 Å². The molecule has 19 heavy (non-hydrogen) atoms. The first kappa shape index (κ1) is 13.7. The van der Waals surface area contributed by atoms with Crippen molar-refractivity contribution < 1.29 is 19.4 Å². The summed E-state index contributed by atoms with van der Waals surface area (Å²) in [5, 5.41) is 9.45. The Morgan fingerprint density at radius 1 is 1.16 bits per heavy atom. The molecule has 2 rings (SSSR count). The van der Waals surface area contributed by atoms with Gasteiger partial charge < -0.3 is 14.6 Å². The highest BCUT2D eigenvalue weighted by Crippen LogP contribution is 2.37. The Bertz CT molecular complexity index is 418. The van der Waals surface area contributed by atoms with Crippen molar-refractivity contribution in [3.05, 3.63) is 24.3 Å². The van der Waals surface area contributed by atoms with Crippen LogP contribution in [0, 0.1) is 5.41 Å². The SMILES string of the molecule is COc1ccc(OCC2(C(=O)O)CCCCC2)cc1. The third-order valence-electron chi connectivity index (χ3n) is 3.84. The number of hydrogen-bond donors (Lipinski definition) is 1. The molecule has 4 heteroatoms. The normalized spacial score (nSPS) is 17.7. The largest absolute Gasteiger partial charge is 0.497 e. The van der Waals surface area contributed by atoms with Crippen molar-refractivity contribution in [2.75, 3.05) is 13.7 Å². The van der Waals surface area contributed by atoms with Crippen LogP contribution < -0.4 is 9.47 Å². The van der Waals surface area contributed by atoms with Crippen LogP contribution in [0.15, 0.2) is 24.3 Å². The third kappa shape index (κ3) is 3.19. The van der Waals surface area contributed by atoms with Crippen LogP contribution in [0.2, 0.25) is 0 Å². The summed E-state index contributed by atoms with van der Waals surface area (Å²) >= 11 is 0. The van der Waals surface area contributed by atoms with Crippen LogP contribution in [-0.2, 0) is 4.79 Å². The molecule has 1 saturated carbocycles. The van der Waals surface area contributed by atoms with Crippen LogP contribution in [-0.4, -0.2) is 24.8 Å². The average Bonchev–Trinajstić information content (AvgIpc) is 2.46. The van der Waals surface area contributed by atoms with Crippen LogP contribution in [0.25, 0.3) is 0 Å². The highest BCUT2D eigenvalue weighted by atomic mass is 16.5. The number of rotatable bonds is 5. The molecule has 0 aromatic heterocycles. The Hall–Kier alpha value is -1.71. The maximum Gasteiger partial charge on any atom is 0.313 e. The van der Waals surface area contributed by atoms with Gasteiger partial charge in [-0.15, -0.1) is 0 Å². The van der Waals surface area contributed by atoms with Gasteiger partial charge in [0.2, 0.25) is 0 Å². The number of methoxy groups -OCH3 is 1. The molecule has 1 fully saturated rings. The van der Waals surface area contributed by atoms with Crippen molar-refractivity contribution in [2.24, 2.45) is 5.41 Å². The van der Waals surface area contributed by atoms with Crippen molar-refractivity contribution in [2.45, 2.75) is 32.1 Å². The fourth-order valence-electron chi connectivity index (χ4n) is 2.54. The maximum absolute atomic E-state index is 11.5. The van der Waals surface area contributed by atoms with Crippen molar-refractivity contribution >= 4 is 5.97 Å². The number of hydrogen-bond acceptors (Lipinski definition) is 3. The highest BCUT2D eigenvalue weighted by Gasteiger charge is 2.40. The quantitative estimate of drug-likeness (QED) is 0.887. The van der Waals surface area contributed by atoms with Gasteiger partial charge in [0, 0.05) is 0 Å². The minimum Gasteiger partial charge on any atom is -0.497 e. The minimum atomic E-state index is -0.735. The van der Waals surface area contributed by atoms with Gasteiger partial charge in [-0.25, -0.2) is 0 Å². The van der Waals surface area contributed by atoms with E-state index in [1.54, 1.807) is 19.2 Å². The predicted molar refractivity (Wildman–Crippen MR) is 71.6 cm³/mol. The van der Waals surface area contributed by atoms with Crippen LogP contribution in [0.5, 0.6) is 11.5 Å². The Kier molecular flexibility index (Phi) is 4.30. The standard InChI is InChI=1S/C15H20O4/c1-18-12-5-7-13(8-6-12)19-11-15(14(16)17)9-3-2-4-10-15/h5-8H,2-4,9-11H2,1H3,(H,16,17). The van der Waals surface area contributed by atoms with Gasteiger partial charge in [-0.1, -0.05) is 19.3 Å². The first-order chi connectivity index (χ1) is 9.16. The zero-order valence-electron chi connectivity index (χ0n) is 11.2. The molecule has 0 aliphatic heterocycles. The maximum atomic E-state index is 11.5. The third-order valence-corrected chi connectivity index (χ3v) is 3.84. The Morgan fingerprint density at radius 3 is 2.26 bits per heavy atom. The van der Waals surface area contributed by atoms with E-state index in [0.717, 1.165) is 25.0 Å². The lowest BCUT2D eigenvalue weighted by atomic mass is 9.75. The van der Waals surface area contributed by atoms with Gasteiger partial charge in [0.15, 0.2) is 0 Å². The van der Waals surface area contributed by atoms with Crippen LogP contribution in [0.4, 0.5) is 0 Å². The fraction of sp³-hybridized carbons (Fsp3) is 0.533. The van der Waals surface area contributed by atoms with E-state index in [1.807, 2.05) is 12.1 Å². The topological polar surface area (TPSA) is 55.8 Å². The van der Waals surface area contributed by atoms with Crippen molar-refractivity contribution in [3.8, 4) is 11.5 Å². The summed E-state index contributed by atoms with van der Waals surface area (Å²) in [7, 11) is 1.61. The first-order valence-corrected chi connectivity index (χ1v) is 6.66. The zero-order valence-corrected chi connectivity index (χ0v) is 11.2. The summed E-state index contributed by atoms with van der Waals surface area (Å²) in [6, 6.07) is 7.22. The van der Waals surface area contributed by atoms with Gasteiger partial charge in [0.1, 0.15) is 23.5 Å². The summed E-state index contributed by atoms with van der Waals surface area (Å²) in [5.74, 6) is 0.714. The van der Waals surface area contributed by atoms with E-state index < -0.39 is 11.4 Å². The Morgan fingerprint density at radius 2 is 1.74 bits per heavy atom. The summed E-state index contributed by atoms with van der Waals surface area (Å²) in [4.78, 5) is 11.5. The van der Waals surface area contributed by atoms with E-state index in [0.29, 0.717) is 18.6 Å². The van der Waals surface area contributed by atoms with E-state index in [2.05, 4.69) is 0 Å². The molecule has 1 aromatic carbocycles. The molecule has 0 amide bonds. The highest BCUT2D eigenvalue weighted by molar-refractivity contribution is 5.75. The molecule has 0 atom stereocenters. The molecular formula is C15H20O4. The number of benzene rings is 1. The van der Waals surface area contributed by atoms with Crippen molar-refractivity contribution in [1.82, 2.24) is 0 Å². The smallest absolute Gasteiger partial charge is 0.313 e. The predicted octanol–water partition coefficient (Wildman–Crippen LogP) is 3.11. The minimum absolute atomic E-state index is 0.245. The molecule has 0 heterocycles. The van der Waals surface area contributed by atoms with Crippen LogP contribution in [0.1, 0.15) is 32.1 Å². The second-order valence-electron chi connectivity index (χ2n) is 5.11. The number of aliphatic carboxylic acids is 1. The lowest BCUT2D eigenvalue weighted by Crippen LogP contribution is -2.38. The van der Waals surface area contributed by atoms with Gasteiger partial charge in [-0.2, -0.15) is 0 Å². The second kappa shape index (κ2) is 5.95. The van der Waals surface area contributed by atoms with Gasteiger partial charge in [-0.05, 0) is 37.1 Å². The Labute approximate surface area is 113 Å². The number of ether oxygens (including phenoxy) is 2. The molecule has 0 bridgehead atoms. The first-order valence-electron chi connectivity index (χ1n) is 6.66. The molecule has 1 aliphatic rings. The average molecular weight is 264 g/mol. The number of carboxylic acid groups (broad SMARTS) is 1. The van der Waals surface area contributed by atoms with E-state index in [4.69, 9.17) is 9.47 Å². The number of carbonyl (C=O) groups is 1. The summed E-state index contributed by atoms with van der Waals surface area (Å²) in [5.41, 5.74) is -0.710. The monoisotopic (exact) mass is 264 g/mol. The second-order valence-corrected chi connectivity index (χ2v) is 5.11. The summed E-state index contributed by atoms with van der Waals surface area (Å²) in [6.07, 6.45) is 4.48. The molecule has 4 nitrogen and oxygen atoms in total. The molecule has 0 unspecified atom stereocenters. The zero-order chi connectivity index (χ0) is 13.7. The molecule has 1 aromatic rings. The summed E-state index contributed by atoms with van der Waals surface area (Å²) < 4.78 is 10.7. The molecule has 1 N–H and O–H groups in total. The van der Waals surface area contributed by atoms with Crippen molar-refractivity contribution in [1.29, 1.82) is 0 Å². The lowest BCUT2D eigenvalue weighted by molar-refractivity contribution is -0.153. The van der Waals surface area contributed by atoms with Crippen LogP contribution in [0.3, 0.4) is 0 Å². The van der Waals surface area contributed by atoms with Gasteiger partial charge in [0.25, 0.3) is 0 Å². The number of carboxylic acids is 1. The molecular weight excluding hydrogens is 244 g/mol. The molecule has 1 aliphatic carbocycles. The van der Waals surface area contributed by atoms with E-state index in [9.17, 15) is 9.90 Å². The Balaban J connectivity index is 2.00. The fourth-order valence-corrected chi connectivity index (χ4v) is 2.54. The molecule has 104 valence electrons.